The summed E-state index contributed by atoms with van der Waals surface area (Å²) >= 11 is 0. The van der Waals surface area contributed by atoms with Crippen molar-refractivity contribution in [3.63, 3.8) is 0 Å². The molecule has 0 saturated carbocycles. The third kappa shape index (κ3) is 6.88. The van der Waals surface area contributed by atoms with E-state index in [0.717, 1.165) is 13.0 Å². The second-order valence-corrected chi connectivity index (χ2v) is 4.60. The molecule has 0 radical (unpaired) electrons. The zero-order valence-corrected chi connectivity index (χ0v) is 9.71. The standard InChI is InChI=1S/C11H22N2O/c1-9(2)5-6-14-10(3)7-11(4,13)8-12/h9-10H,5-7,13H2,1-4H3. The second kappa shape index (κ2) is 6.00. The van der Waals surface area contributed by atoms with Gasteiger partial charge in [-0.2, -0.15) is 5.26 Å². The van der Waals surface area contributed by atoms with Gasteiger partial charge < -0.3 is 10.5 Å². The van der Waals surface area contributed by atoms with E-state index in [9.17, 15) is 0 Å². The summed E-state index contributed by atoms with van der Waals surface area (Å²) in [5.74, 6) is 0.655. The monoisotopic (exact) mass is 198 g/mol. The molecular formula is C11H22N2O. The number of nitrogens with two attached hydrogens (primary N) is 1. The SMILES string of the molecule is CC(C)CCOC(C)CC(C)(N)C#N. The maximum absolute atomic E-state index is 8.73. The molecule has 0 aliphatic carbocycles. The molecule has 0 heterocycles. The van der Waals surface area contributed by atoms with Crippen molar-refractivity contribution in [2.45, 2.75) is 52.2 Å². The molecule has 82 valence electrons. The Kier molecular flexibility index (Phi) is 5.75. The molecule has 0 spiro atoms. The van der Waals surface area contributed by atoms with Gasteiger partial charge in [0, 0.05) is 13.0 Å². The highest BCUT2D eigenvalue weighted by Crippen LogP contribution is 2.11. The van der Waals surface area contributed by atoms with E-state index >= 15 is 0 Å². The molecule has 0 aromatic rings. The average Bonchev–Trinajstić information content (AvgIpc) is 2.02. The number of nitriles is 1. The zero-order valence-electron chi connectivity index (χ0n) is 9.71. The molecule has 0 rings (SSSR count). The van der Waals surface area contributed by atoms with Crippen molar-refractivity contribution in [2.75, 3.05) is 6.61 Å². The van der Waals surface area contributed by atoms with Crippen LogP contribution in [0.2, 0.25) is 0 Å². The first-order chi connectivity index (χ1) is 6.37. The van der Waals surface area contributed by atoms with E-state index in [0.29, 0.717) is 12.3 Å². The Labute approximate surface area is 87.2 Å². The van der Waals surface area contributed by atoms with E-state index in [4.69, 9.17) is 15.7 Å². The minimum absolute atomic E-state index is 0.0587. The molecule has 0 bridgehead atoms. The van der Waals surface area contributed by atoms with Gasteiger partial charge in [-0.3, -0.25) is 0 Å². The molecule has 0 aliphatic heterocycles. The summed E-state index contributed by atoms with van der Waals surface area (Å²) < 4.78 is 5.56. The van der Waals surface area contributed by atoms with Crippen LogP contribution in [0.5, 0.6) is 0 Å². The summed E-state index contributed by atoms with van der Waals surface area (Å²) in [6, 6.07) is 2.07. The number of hydrogen-bond acceptors (Lipinski definition) is 3. The van der Waals surface area contributed by atoms with Crippen molar-refractivity contribution in [3.8, 4) is 6.07 Å². The van der Waals surface area contributed by atoms with Crippen LogP contribution in [-0.4, -0.2) is 18.2 Å². The molecule has 0 aromatic heterocycles. The third-order valence-electron chi connectivity index (χ3n) is 2.06. The van der Waals surface area contributed by atoms with Gasteiger partial charge in [-0.25, -0.2) is 0 Å². The molecule has 0 amide bonds. The summed E-state index contributed by atoms with van der Waals surface area (Å²) in [4.78, 5) is 0. The van der Waals surface area contributed by atoms with Gasteiger partial charge in [0.1, 0.15) is 5.54 Å². The Morgan fingerprint density at radius 1 is 1.43 bits per heavy atom. The van der Waals surface area contributed by atoms with Gasteiger partial charge >= 0.3 is 0 Å². The lowest BCUT2D eigenvalue weighted by Crippen LogP contribution is -2.38. The molecule has 2 unspecified atom stereocenters. The fourth-order valence-corrected chi connectivity index (χ4v) is 1.21. The Balaban J connectivity index is 3.67. The molecule has 0 fully saturated rings. The van der Waals surface area contributed by atoms with Gasteiger partial charge in [-0.1, -0.05) is 13.8 Å². The van der Waals surface area contributed by atoms with Crippen LogP contribution in [0.4, 0.5) is 0 Å². The number of rotatable bonds is 6. The average molecular weight is 198 g/mol. The molecule has 3 heteroatoms. The smallest absolute Gasteiger partial charge is 0.103 e. The van der Waals surface area contributed by atoms with E-state index < -0.39 is 5.54 Å². The van der Waals surface area contributed by atoms with Gasteiger partial charge in [-0.05, 0) is 26.2 Å². The van der Waals surface area contributed by atoms with Crippen molar-refractivity contribution < 1.29 is 4.74 Å². The van der Waals surface area contributed by atoms with Gasteiger partial charge in [0.2, 0.25) is 0 Å². The predicted molar refractivity (Wildman–Crippen MR) is 57.7 cm³/mol. The normalized spacial score (nSPS) is 17.5. The molecule has 0 aliphatic rings. The highest BCUT2D eigenvalue weighted by Gasteiger charge is 2.21. The van der Waals surface area contributed by atoms with Crippen molar-refractivity contribution >= 4 is 0 Å². The topological polar surface area (TPSA) is 59.0 Å². The van der Waals surface area contributed by atoms with Gasteiger partial charge in [0.15, 0.2) is 0 Å². The number of nitrogens with zero attached hydrogens (tertiary/aromatic N) is 1. The van der Waals surface area contributed by atoms with Crippen LogP contribution in [0.25, 0.3) is 0 Å². The van der Waals surface area contributed by atoms with Crippen molar-refractivity contribution in [1.29, 1.82) is 5.26 Å². The van der Waals surface area contributed by atoms with Gasteiger partial charge in [0.25, 0.3) is 0 Å². The Hall–Kier alpha value is -0.590. The van der Waals surface area contributed by atoms with Crippen molar-refractivity contribution in [1.82, 2.24) is 0 Å². The maximum Gasteiger partial charge on any atom is 0.103 e. The van der Waals surface area contributed by atoms with Crippen molar-refractivity contribution in [3.05, 3.63) is 0 Å². The molecule has 3 nitrogen and oxygen atoms in total. The highest BCUT2D eigenvalue weighted by molar-refractivity contribution is 5.01. The lowest BCUT2D eigenvalue weighted by molar-refractivity contribution is 0.0451. The van der Waals surface area contributed by atoms with Crippen LogP contribution >= 0.6 is 0 Å². The second-order valence-electron chi connectivity index (χ2n) is 4.60. The number of ether oxygens (including phenoxy) is 1. The first kappa shape index (κ1) is 13.4. The quantitative estimate of drug-likeness (QED) is 0.710. The minimum atomic E-state index is -0.767. The number of hydrogen-bond donors (Lipinski definition) is 1. The Morgan fingerprint density at radius 2 is 2.00 bits per heavy atom. The van der Waals surface area contributed by atoms with Crippen LogP contribution in [-0.2, 0) is 4.74 Å². The van der Waals surface area contributed by atoms with E-state index in [1.807, 2.05) is 6.92 Å². The van der Waals surface area contributed by atoms with Crippen LogP contribution in [0.1, 0.15) is 40.5 Å². The summed E-state index contributed by atoms with van der Waals surface area (Å²) in [5.41, 5.74) is 4.94. The fraction of sp³-hybridized carbons (Fsp3) is 0.909. The van der Waals surface area contributed by atoms with Gasteiger partial charge in [-0.15, -0.1) is 0 Å². The highest BCUT2D eigenvalue weighted by atomic mass is 16.5. The summed E-state index contributed by atoms with van der Waals surface area (Å²) in [6.45, 7) is 8.77. The lowest BCUT2D eigenvalue weighted by Gasteiger charge is -2.21. The lowest BCUT2D eigenvalue weighted by atomic mass is 9.98. The van der Waals surface area contributed by atoms with E-state index in [1.165, 1.54) is 0 Å². The maximum atomic E-state index is 8.73. The fourth-order valence-electron chi connectivity index (χ4n) is 1.21. The molecule has 2 atom stereocenters. The molecule has 0 saturated heterocycles. The summed E-state index contributed by atoms with van der Waals surface area (Å²) in [7, 11) is 0. The first-order valence-electron chi connectivity index (χ1n) is 5.19. The Morgan fingerprint density at radius 3 is 2.43 bits per heavy atom. The van der Waals surface area contributed by atoms with Crippen molar-refractivity contribution in [2.24, 2.45) is 11.7 Å². The largest absolute Gasteiger partial charge is 0.378 e. The third-order valence-corrected chi connectivity index (χ3v) is 2.06. The molecule has 14 heavy (non-hydrogen) atoms. The zero-order chi connectivity index (χ0) is 11.2. The van der Waals surface area contributed by atoms with Crippen LogP contribution < -0.4 is 5.73 Å². The molecular weight excluding hydrogens is 176 g/mol. The minimum Gasteiger partial charge on any atom is -0.378 e. The van der Waals surface area contributed by atoms with Crippen LogP contribution in [0.15, 0.2) is 0 Å². The van der Waals surface area contributed by atoms with E-state index in [-0.39, 0.29) is 6.10 Å². The molecule has 2 N–H and O–H groups in total. The summed E-state index contributed by atoms with van der Waals surface area (Å²) in [5, 5.41) is 8.73. The first-order valence-corrected chi connectivity index (χ1v) is 5.19. The van der Waals surface area contributed by atoms with E-state index in [1.54, 1.807) is 6.92 Å². The van der Waals surface area contributed by atoms with Crippen LogP contribution in [0.3, 0.4) is 0 Å². The summed E-state index contributed by atoms with van der Waals surface area (Å²) in [6.07, 6.45) is 1.70. The molecule has 0 aromatic carbocycles. The van der Waals surface area contributed by atoms with E-state index in [2.05, 4.69) is 19.9 Å². The Bertz CT molecular complexity index is 194. The predicted octanol–water partition coefficient (Wildman–Crippen LogP) is 2.07. The van der Waals surface area contributed by atoms with Crippen LogP contribution in [0, 0.1) is 17.2 Å². The van der Waals surface area contributed by atoms with Gasteiger partial charge in [0.05, 0.1) is 12.2 Å².